The van der Waals surface area contributed by atoms with Crippen molar-refractivity contribution < 1.29 is 13.9 Å². The second-order valence-corrected chi connectivity index (χ2v) is 11.1. The van der Waals surface area contributed by atoms with E-state index in [1.807, 2.05) is 98.5 Å². The number of thiocarbonyl (C=S) groups is 1. The summed E-state index contributed by atoms with van der Waals surface area (Å²) in [5, 5.41) is 7.58. The Morgan fingerprint density at radius 2 is 1.87 bits per heavy atom. The number of nitrogens with one attached hydrogen (secondary N) is 2. The van der Waals surface area contributed by atoms with Crippen molar-refractivity contribution in [2.75, 3.05) is 17.3 Å². The Morgan fingerprint density at radius 1 is 1.10 bits per heavy atom. The molecule has 1 aliphatic rings. The van der Waals surface area contributed by atoms with E-state index >= 15 is 0 Å². The first-order valence-electron chi connectivity index (χ1n) is 12.5. The SMILES string of the molecule is COc1cc(N2C(=S)NC(c3ccccn3)C2c2ccc(-c3ccc(Cl)cc3)o2)ccc1NC(=O)C(C)(C)C. The summed E-state index contributed by atoms with van der Waals surface area (Å²) in [7, 11) is 1.57. The maximum atomic E-state index is 12.6. The summed E-state index contributed by atoms with van der Waals surface area (Å²) in [5.74, 6) is 1.85. The van der Waals surface area contributed by atoms with Crippen LogP contribution in [0.2, 0.25) is 5.02 Å². The molecule has 9 heteroatoms. The molecule has 0 spiro atoms. The number of methoxy groups -OCH3 is 1. The summed E-state index contributed by atoms with van der Waals surface area (Å²) >= 11 is 11.9. The predicted molar refractivity (Wildman–Crippen MR) is 158 cm³/mol. The van der Waals surface area contributed by atoms with Gasteiger partial charge in [0.2, 0.25) is 5.91 Å². The van der Waals surface area contributed by atoms with E-state index in [9.17, 15) is 4.79 Å². The highest BCUT2D eigenvalue weighted by Crippen LogP contribution is 2.44. The second-order valence-electron chi connectivity index (χ2n) is 10.3. The van der Waals surface area contributed by atoms with Crippen LogP contribution in [-0.4, -0.2) is 23.1 Å². The maximum absolute atomic E-state index is 12.6. The Labute approximate surface area is 238 Å². The Bertz CT molecular complexity index is 1500. The lowest BCUT2D eigenvalue weighted by Crippen LogP contribution is -2.30. The van der Waals surface area contributed by atoms with E-state index in [0.717, 1.165) is 22.7 Å². The number of furan rings is 1. The van der Waals surface area contributed by atoms with E-state index in [-0.39, 0.29) is 18.0 Å². The van der Waals surface area contributed by atoms with Gasteiger partial charge in [0.1, 0.15) is 23.3 Å². The normalized spacial score (nSPS) is 17.2. The van der Waals surface area contributed by atoms with Gasteiger partial charge in [0.15, 0.2) is 5.11 Å². The van der Waals surface area contributed by atoms with Crippen molar-refractivity contribution in [3.63, 3.8) is 0 Å². The molecule has 2 N–H and O–H groups in total. The molecule has 0 aliphatic carbocycles. The van der Waals surface area contributed by atoms with Crippen LogP contribution in [0, 0.1) is 5.41 Å². The molecule has 200 valence electrons. The largest absolute Gasteiger partial charge is 0.494 e. The first-order valence-corrected chi connectivity index (χ1v) is 13.3. The van der Waals surface area contributed by atoms with Crippen LogP contribution in [0.5, 0.6) is 5.75 Å². The lowest BCUT2D eigenvalue weighted by atomic mass is 9.95. The topological polar surface area (TPSA) is 79.6 Å². The standard InChI is InChI=1S/C30H29ClN4O3S/c1-30(2,3)28(36)33-21-13-12-20(17-25(21)37-4)35-27(26(34-29(35)39)22-7-5-6-16-32-22)24-15-14-23(38-24)18-8-10-19(31)11-9-18/h5-17,26-27H,1-4H3,(H,33,36)(H,34,39). The summed E-state index contributed by atoms with van der Waals surface area (Å²) in [6.07, 6.45) is 1.76. The van der Waals surface area contributed by atoms with Crippen molar-refractivity contribution in [1.29, 1.82) is 0 Å². The average molecular weight is 561 g/mol. The highest BCUT2D eigenvalue weighted by Gasteiger charge is 2.43. The summed E-state index contributed by atoms with van der Waals surface area (Å²) < 4.78 is 12.1. The predicted octanol–water partition coefficient (Wildman–Crippen LogP) is 7.17. The third-order valence-corrected chi connectivity index (χ3v) is 7.10. The number of rotatable bonds is 6. The van der Waals surface area contributed by atoms with Gasteiger partial charge in [-0.2, -0.15) is 0 Å². The molecular formula is C30H29ClN4O3S. The molecule has 3 heterocycles. The van der Waals surface area contributed by atoms with Crippen LogP contribution in [-0.2, 0) is 4.79 Å². The Morgan fingerprint density at radius 3 is 2.54 bits per heavy atom. The van der Waals surface area contributed by atoms with Crippen molar-refractivity contribution in [2.24, 2.45) is 5.41 Å². The first-order chi connectivity index (χ1) is 18.7. The number of nitrogens with zero attached hydrogens (tertiary/aromatic N) is 2. The molecule has 1 amide bonds. The summed E-state index contributed by atoms with van der Waals surface area (Å²) in [5.41, 5.74) is 2.57. The first kappa shape index (κ1) is 26.7. The van der Waals surface area contributed by atoms with Gasteiger partial charge >= 0.3 is 0 Å². The van der Waals surface area contributed by atoms with Crippen LogP contribution in [0.4, 0.5) is 11.4 Å². The second kappa shape index (κ2) is 10.7. The van der Waals surface area contributed by atoms with Gasteiger partial charge in [-0.15, -0.1) is 0 Å². The quantitative estimate of drug-likeness (QED) is 0.242. The molecule has 2 atom stereocenters. The van der Waals surface area contributed by atoms with E-state index in [1.165, 1.54) is 0 Å². The number of pyridine rings is 1. The third-order valence-electron chi connectivity index (χ3n) is 6.54. The third kappa shape index (κ3) is 5.48. The fraction of sp³-hybridized carbons (Fsp3) is 0.233. The van der Waals surface area contributed by atoms with Crippen LogP contribution in [0.1, 0.15) is 44.3 Å². The van der Waals surface area contributed by atoms with Crippen molar-refractivity contribution in [3.8, 4) is 17.1 Å². The zero-order valence-electron chi connectivity index (χ0n) is 22.1. The molecule has 7 nitrogen and oxygen atoms in total. The van der Waals surface area contributed by atoms with Gasteiger partial charge in [-0.05, 0) is 72.9 Å². The molecule has 39 heavy (non-hydrogen) atoms. The van der Waals surface area contributed by atoms with Crippen LogP contribution < -0.4 is 20.3 Å². The number of ether oxygens (including phenoxy) is 1. The number of carbonyl (C=O) groups is 1. The van der Waals surface area contributed by atoms with Crippen molar-refractivity contribution >= 4 is 46.2 Å². The fourth-order valence-electron chi connectivity index (χ4n) is 4.45. The summed E-state index contributed by atoms with van der Waals surface area (Å²) in [6, 6.07) is 22.2. The molecule has 4 aromatic rings. The number of anilines is 2. The Kier molecular flexibility index (Phi) is 7.34. The van der Waals surface area contributed by atoms with Crippen molar-refractivity contribution in [1.82, 2.24) is 10.3 Å². The van der Waals surface area contributed by atoms with Crippen LogP contribution >= 0.6 is 23.8 Å². The molecule has 1 saturated heterocycles. The zero-order chi connectivity index (χ0) is 27.7. The van der Waals surface area contributed by atoms with E-state index in [0.29, 0.717) is 27.3 Å². The molecular weight excluding hydrogens is 532 g/mol. The van der Waals surface area contributed by atoms with Crippen molar-refractivity contribution in [3.05, 3.63) is 95.5 Å². The number of carbonyl (C=O) groups excluding carboxylic acids is 1. The average Bonchev–Trinajstić information content (AvgIpc) is 3.54. The minimum Gasteiger partial charge on any atom is -0.494 e. The Balaban J connectivity index is 1.55. The van der Waals surface area contributed by atoms with Gasteiger partial charge in [-0.3, -0.25) is 9.78 Å². The van der Waals surface area contributed by atoms with Gasteiger partial charge < -0.3 is 24.7 Å². The molecule has 1 aliphatic heterocycles. The summed E-state index contributed by atoms with van der Waals surface area (Å²) in [4.78, 5) is 19.2. The molecule has 2 unspecified atom stereocenters. The number of halogens is 1. The van der Waals surface area contributed by atoms with Gasteiger partial charge in [-0.25, -0.2) is 0 Å². The zero-order valence-corrected chi connectivity index (χ0v) is 23.6. The van der Waals surface area contributed by atoms with Gasteiger partial charge in [0.05, 0.1) is 24.5 Å². The minimum atomic E-state index is -0.549. The van der Waals surface area contributed by atoms with Gasteiger partial charge in [-0.1, -0.05) is 38.4 Å². The smallest absolute Gasteiger partial charge is 0.229 e. The van der Waals surface area contributed by atoms with E-state index < -0.39 is 5.41 Å². The lowest BCUT2D eigenvalue weighted by Gasteiger charge is -2.27. The molecule has 0 saturated carbocycles. The van der Waals surface area contributed by atoms with E-state index in [2.05, 4.69) is 15.6 Å². The fourth-order valence-corrected chi connectivity index (χ4v) is 4.92. The summed E-state index contributed by atoms with van der Waals surface area (Å²) in [6.45, 7) is 5.59. The number of benzene rings is 2. The minimum absolute atomic E-state index is 0.106. The molecule has 2 aromatic carbocycles. The Hall–Kier alpha value is -3.88. The van der Waals surface area contributed by atoms with Crippen LogP contribution in [0.15, 0.2) is 83.4 Å². The van der Waals surface area contributed by atoms with Gasteiger partial charge in [0.25, 0.3) is 0 Å². The van der Waals surface area contributed by atoms with E-state index in [4.69, 9.17) is 33.0 Å². The maximum Gasteiger partial charge on any atom is 0.229 e. The number of hydrogen-bond donors (Lipinski definition) is 2. The van der Waals surface area contributed by atoms with Gasteiger partial charge in [0, 0.05) is 34.0 Å². The number of hydrogen-bond acceptors (Lipinski definition) is 5. The highest BCUT2D eigenvalue weighted by atomic mass is 35.5. The molecule has 0 radical (unpaired) electrons. The molecule has 0 bridgehead atoms. The van der Waals surface area contributed by atoms with Crippen molar-refractivity contribution in [2.45, 2.75) is 32.9 Å². The van der Waals surface area contributed by atoms with E-state index in [1.54, 1.807) is 13.3 Å². The lowest BCUT2D eigenvalue weighted by molar-refractivity contribution is -0.123. The highest BCUT2D eigenvalue weighted by molar-refractivity contribution is 7.80. The molecule has 1 fully saturated rings. The number of aromatic nitrogens is 1. The van der Waals surface area contributed by atoms with Crippen LogP contribution in [0.25, 0.3) is 11.3 Å². The number of amides is 1. The van der Waals surface area contributed by atoms with Crippen LogP contribution in [0.3, 0.4) is 0 Å². The monoisotopic (exact) mass is 560 g/mol. The molecule has 5 rings (SSSR count). The molecule has 2 aromatic heterocycles.